The molecule has 0 heterocycles. The summed E-state index contributed by atoms with van der Waals surface area (Å²) < 4.78 is 0. The van der Waals surface area contributed by atoms with Gasteiger partial charge < -0.3 is 0 Å². The molecule has 0 spiro atoms. The molecule has 3 atom stereocenters. The smallest absolute Gasteiger partial charge is 0.147 e. The first-order valence-electron chi connectivity index (χ1n) is 5.33. The van der Waals surface area contributed by atoms with E-state index >= 15 is 0 Å². The average Bonchev–Trinajstić information content (AvgIpc) is 2.41. The number of carbonyl (C=O) groups excluding carboxylic acids is 2. The monoisotopic (exact) mass is 180 g/mol. The minimum atomic E-state index is -0.243. The molecule has 72 valence electrons. The van der Waals surface area contributed by atoms with E-state index in [1.54, 1.807) is 0 Å². The topological polar surface area (TPSA) is 34.1 Å². The Kier molecular flexibility index (Phi) is 2.22. The Hall–Kier alpha value is -0.660. The van der Waals surface area contributed by atoms with Gasteiger partial charge in [0.05, 0.1) is 5.92 Å². The van der Waals surface area contributed by atoms with Crippen molar-refractivity contribution in [1.29, 1.82) is 0 Å². The van der Waals surface area contributed by atoms with E-state index in [2.05, 4.69) is 0 Å². The summed E-state index contributed by atoms with van der Waals surface area (Å²) in [5.74, 6) is 0.458. The molecule has 0 radical (unpaired) electrons. The Balaban J connectivity index is 2.22. The summed E-state index contributed by atoms with van der Waals surface area (Å²) in [6, 6.07) is 0. The third-order valence-corrected chi connectivity index (χ3v) is 3.59. The highest BCUT2D eigenvalue weighted by Crippen LogP contribution is 2.41. The summed E-state index contributed by atoms with van der Waals surface area (Å²) in [7, 11) is 0. The maximum atomic E-state index is 11.8. The Bertz CT molecular complexity index is 220. The number of hydrogen-bond donors (Lipinski definition) is 0. The van der Waals surface area contributed by atoms with Crippen LogP contribution in [0.3, 0.4) is 0 Å². The Morgan fingerprint density at radius 3 is 1.92 bits per heavy atom. The molecule has 0 aromatic rings. The molecule has 13 heavy (non-hydrogen) atoms. The van der Waals surface area contributed by atoms with E-state index in [1.165, 1.54) is 0 Å². The second kappa shape index (κ2) is 3.24. The van der Waals surface area contributed by atoms with Gasteiger partial charge >= 0.3 is 0 Å². The van der Waals surface area contributed by atoms with Gasteiger partial charge in [0, 0.05) is 11.8 Å². The molecule has 0 bridgehead atoms. The van der Waals surface area contributed by atoms with Gasteiger partial charge in [-0.1, -0.05) is 19.8 Å². The van der Waals surface area contributed by atoms with Crippen molar-refractivity contribution >= 4 is 11.6 Å². The molecule has 2 aliphatic carbocycles. The van der Waals surface area contributed by atoms with Gasteiger partial charge in [-0.2, -0.15) is 0 Å². The molecule has 2 heteroatoms. The average molecular weight is 180 g/mol. The molecular formula is C11H16O2. The van der Waals surface area contributed by atoms with Crippen molar-refractivity contribution in [1.82, 2.24) is 0 Å². The van der Waals surface area contributed by atoms with Crippen LogP contribution in [0.1, 0.15) is 39.0 Å². The first-order valence-corrected chi connectivity index (χ1v) is 5.33. The van der Waals surface area contributed by atoms with Crippen molar-refractivity contribution in [2.24, 2.45) is 17.8 Å². The van der Waals surface area contributed by atoms with Crippen LogP contribution in [0.4, 0.5) is 0 Å². The Morgan fingerprint density at radius 2 is 1.54 bits per heavy atom. The van der Waals surface area contributed by atoms with E-state index in [4.69, 9.17) is 0 Å². The predicted molar refractivity (Wildman–Crippen MR) is 49.2 cm³/mol. The van der Waals surface area contributed by atoms with Crippen LogP contribution in [-0.4, -0.2) is 11.6 Å². The normalized spacial score (nSPS) is 39.3. The minimum absolute atomic E-state index is 0.103. The standard InChI is InChI=1S/C11H16O2/c1-2-7-10(12)8-5-3-4-6-9(8)11(7)13/h7-9H,2-6H2,1H3/t7?,8-,9+. The molecule has 1 unspecified atom stereocenters. The molecule has 2 nitrogen and oxygen atoms in total. The number of rotatable bonds is 1. The lowest BCUT2D eigenvalue weighted by atomic mass is 9.81. The molecule has 2 rings (SSSR count). The highest BCUT2D eigenvalue weighted by molar-refractivity contribution is 6.11. The Labute approximate surface area is 78.7 Å². The Morgan fingerprint density at radius 1 is 1.08 bits per heavy atom. The van der Waals surface area contributed by atoms with E-state index in [-0.39, 0.29) is 29.3 Å². The first-order chi connectivity index (χ1) is 6.25. The third kappa shape index (κ3) is 1.23. The van der Waals surface area contributed by atoms with Gasteiger partial charge in [-0.15, -0.1) is 0 Å². The van der Waals surface area contributed by atoms with Crippen molar-refractivity contribution < 1.29 is 9.59 Å². The number of fused-ring (bicyclic) bond motifs is 1. The molecule has 2 fully saturated rings. The van der Waals surface area contributed by atoms with Gasteiger partial charge in [0.25, 0.3) is 0 Å². The number of carbonyl (C=O) groups is 2. The van der Waals surface area contributed by atoms with Gasteiger partial charge in [0.15, 0.2) is 0 Å². The van der Waals surface area contributed by atoms with E-state index in [1.807, 2.05) is 6.92 Å². The van der Waals surface area contributed by atoms with Gasteiger partial charge in [0.2, 0.25) is 0 Å². The van der Waals surface area contributed by atoms with Crippen LogP contribution in [0.25, 0.3) is 0 Å². The highest BCUT2D eigenvalue weighted by Gasteiger charge is 2.48. The summed E-state index contributed by atoms with van der Waals surface area (Å²) in [6.45, 7) is 1.94. The van der Waals surface area contributed by atoms with Crippen LogP contribution in [0.2, 0.25) is 0 Å². The van der Waals surface area contributed by atoms with Crippen LogP contribution < -0.4 is 0 Å². The lowest BCUT2D eigenvalue weighted by Crippen LogP contribution is -2.21. The zero-order chi connectivity index (χ0) is 9.42. The number of Topliss-reactive ketones (excluding diaryl/α,β-unsaturated/α-hetero) is 2. The fourth-order valence-electron chi connectivity index (χ4n) is 2.87. The van der Waals surface area contributed by atoms with Crippen LogP contribution in [0.15, 0.2) is 0 Å². The second-order valence-corrected chi connectivity index (χ2v) is 4.26. The van der Waals surface area contributed by atoms with Crippen molar-refractivity contribution in [3.63, 3.8) is 0 Å². The summed E-state index contributed by atoms with van der Waals surface area (Å²) in [6.07, 6.45) is 4.91. The minimum Gasteiger partial charge on any atom is -0.299 e. The summed E-state index contributed by atoms with van der Waals surface area (Å²) in [5.41, 5.74) is 0. The van der Waals surface area contributed by atoms with Gasteiger partial charge in [-0.3, -0.25) is 9.59 Å². The van der Waals surface area contributed by atoms with Crippen molar-refractivity contribution in [3.8, 4) is 0 Å². The van der Waals surface area contributed by atoms with Gasteiger partial charge in [-0.25, -0.2) is 0 Å². The van der Waals surface area contributed by atoms with Crippen molar-refractivity contribution in [2.75, 3.05) is 0 Å². The molecule has 0 saturated heterocycles. The first kappa shape index (κ1) is 8.92. The molecule has 2 saturated carbocycles. The number of hydrogen-bond acceptors (Lipinski definition) is 2. The summed E-state index contributed by atoms with van der Waals surface area (Å²) in [4.78, 5) is 23.5. The SMILES string of the molecule is CCC1C(=O)[C@H]2CCCC[C@H]2C1=O. The molecule has 0 N–H and O–H groups in total. The quantitative estimate of drug-likeness (QED) is 0.578. The van der Waals surface area contributed by atoms with Crippen LogP contribution in [-0.2, 0) is 9.59 Å². The summed E-state index contributed by atoms with van der Waals surface area (Å²) >= 11 is 0. The fourth-order valence-corrected chi connectivity index (χ4v) is 2.87. The maximum absolute atomic E-state index is 11.8. The second-order valence-electron chi connectivity index (χ2n) is 4.26. The molecule has 0 aromatic heterocycles. The number of ketones is 2. The third-order valence-electron chi connectivity index (χ3n) is 3.59. The zero-order valence-corrected chi connectivity index (χ0v) is 8.08. The highest BCUT2D eigenvalue weighted by atomic mass is 16.2. The molecule has 0 aliphatic heterocycles. The van der Waals surface area contributed by atoms with E-state index in [0.29, 0.717) is 6.42 Å². The molecule has 0 aromatic carbocycles. The van der Waals surface area contributed by atoms with E-state index in [0.717, 1.165) is 25.7 Å². The van der Waals surface area contributed by atoms with Crippen LogP contribution in [0.5, 0.6) is 0 Å². The summed E-state index contributed by atoms with van der Waals surface area (Å²) in [5, 5.41) is 0. The van der Waals surface area contributed by atoms with Crippen LogP contribution >= 0.6 is 0 Å². The molecule has 0 amide bonds. The lowest BCUT2D eigenvalue weighted by molar-refractivity contribution is -0.128. The van der Waals surface area contributed by atoms with Crippen LogP contribution in [0, 0.1) is 17.8 Å². The molecular weight excluding hydrogens is 164 g/mol. The predicted octanol–water partition coefficient (Wildman–Crippen LogP) is 1.97. The fraction of sp³-hybridized carbons (Fsp3) is 0.818. The van der Waals surface area contributed by atoms with E-state index in [9.17, 15) is 9.59 Å². The van der Waals surface area contributed by atoms with Crippen molar-refractivity contribution in [2.45, 2.75) is 39.0 Å². The zero-order valence-electron chi connectivity index (χ0n) is 8.08. The lowest BCUT2D eigenvalue weighted by Gasteiger charge is -2.21. The molecule has 2 aliphatic rings. The van der Waals surface area contributed by atoms with Crippen molar-refractivity contribution in [3.05, 3.63) is 0 Å². The van der Waals surface area contributed by atoms with E-state index < -0.39 is 0 Å². The van der Waals surface area contributed by atoms with Gasteiger partial charge in [-0.05, 0) is 19.3 Å². The van der Waals surface area contributed by atoms with Gasteiger partial charge in [0.1, 0.15) is 11.6 Å². The largest absolute Gasteiger partial charge is 0.299 e. The maximum Gasteiger partial charge on any atom is 0.147 e.